The summed E-state index contributed by atoms with van der Waals surface area (Å²) in [5, 5.41) is 3.93. The highest BCUT2D eigenvalue weighted by Gasteiger charge is 2.07. The minimum absolute atomic E-state index is 0.0263. The van der Waals surface area contributed by atoms with E-state index in [1.807, 2.05) is 30.3 Å². The van der Waals surface area contributed by atoms with Gasteiger partial charge in [-0.05, 0) is 37.1 Å². The molecule has 1 N–H and O–H groups in total. The fraction of sp³-hybridized carbons (Fsp3) is 0.333. The van der Waals surface area contributed by atoms with Crippen LogP contribution in [0.15, 0.2) is 36.5 Å². The molecule has 0 aliphatic rings. The van der Waals surface area contributed by atoms with Gasteiger partial charge in [0.15, 0.2) is 0 Å². The summed E-state index contributed by atoms with van der Waals surface area (Å²) in [4.78, 5) is 16.7. The normalized spacial score (nSPS) is 12.3. The molecule has 100 valence electrons. The molecule has 0 saturated heterocycles. The molecule has 4 heteroatoms. The van der Waals surface area contributed by atoms with Gasteiger partial charge in [0.1, 0.15) is 0 Å². The first kappa shape index (κ1) is 14.0. The number of nitrogens with zero attached hydrogens (tertiary/aromatic N) is 1. The SMILES string of the molecule is CCC(Br)CCNC(=O)c1ccc2ncccc2c1. The molecule has 1 unspecified atom stereocenters. The minimum Gasteiger partial charge on any atom is -0.352 e. The fourth-order valence-electron chi connectivity index (χ4n) is 1.87. The van der Waals surface area contributed by atoms with E-state index < -0.39 is 0 Å². The molecular formula is C15H17BrN2O. The van der Waals surface area contributed by atoms with E-state index in [1.165, 1.54) is 0 Å². The number of fused-ring (bicyclic) bond motifs is 1. The second-order valence-electron chi connectivity index (χ2n) is 4.46. The van der Waals surface area contributed by atoms with Gasteiger partial charge in [0, 0.05) is 28.5 Å². The van der Waals surface area contributed by atoms with Crippen LogP contribution in [0.2, 0.25) is 0 Å². The zero-order valence-corrected chi connectivity index (χ0v) is 12.5. The van der Waals surface area contributed by atoms with Gasteiger partial charge in [-0.25, -0.2) is 0 Å². The van der Waals surface area contributed by atoms with Crippen molar-refractivity contribution in [2.45, 2.75) is 24.6 Å². The molecular weight excluding hydrogens is 304 g/mol. The number of benzene rings is 1. The molecule has 1 aromatic heterocycles. The van der Waals surface area contributed by atoms with Crippen LogP contribution in [0.4, 0.5) is 0 Å². The van der Waals surface area contributed by atoms with Crippen LogP contribution in [0.5, 0.6) is 0 Å². The quantitative estimate of drug-likeness (QED) is 0.856. The third-order valence-corrected chi connectivity index (χ3v) is 4.16. The molecule has 1 amide bonds. The van der Waals surface area contributed by atoms with Crippen molar-refractivity contribution >= 4 is 32.7 Å². The van der Waals surface area contributed by atoms with E-state index in [1.54, 1.807) is 6.20 Å². The van der Waals surface area contributed by atoms with Gasteiger partial charge in [0.05, 0.1) is 5.52 Å². The molecule has 0 saturated carbocycles. The first-order chi connectivity index (χ1) is 9.20. The first-order valence-corrected chi connectivity index (χ1v) is 7.39. The molecule has 0 spiro atoms. The topological polar surface area (TPSA) is 42.0 Å². The monoisotopic (exact) mass is 320 g/mol. The van der Waals surface area contributed by atoms with E-state index in [0.717, 1.165) is 23.7 Å². The minimum atomic E-state index is -0.0263. The molecule has 0 aliphatic carbocycles. The van der Waals surface area contributed by atoms with E-state index in [2.05, 4.69) is 33.2 Å². The highest BCUT2D eigenvalue weighted by atomic mass is 79.9. The summed E-state index contributed by atoms with van der Waals surface area (Å²) in [5.41, 5.74) is 1.59. The Bertz CT molecular complexity index is 571. The van der Waals surface area contributed by atoms with E-state index in [4.69, 9.17) is 0 Å². The second-order valence-corrected chi connectivity index (χ2v) is 5.76. The fourth-order valence-corrected chi connectivity index (χ4v) is 2.09. The summed E-state index contributed by atoms with van der Waals surface area (Å²) in [6, 6.07) is 9.41. The van der Waals surface area contributed by atoms with Crippen molar-refractivity contribution in [3.63, 3.8) is 0 Å². The number of alkyl halides is 1. The Labute approximate surface area is 121 Å². The molecule has 1 atom stereocenters. The lowest BCUT2D eigenvalue weighted by molar-refractivity contribution is 0.0953. The number of hydrogen-bond acceptors (Lipinski definition) is 2. The molecule has 1 heterocycles. The van der Waals surface area contributed by atoms with Crippen molar-refractivity contribution in [1.29, 1.82) is 0 Å². The third-order valence-electron chi connectivity index (χ3n) is 3.05. The highest BCUT2D eigenvalue weighted by molar-refractivity contribution is 9.09. The van der Waals surface area contributed by atoms with Crippen molar-refractivity contribution in [2.75, 3.05) is 6.54 Å². The highest BCUT2D eigenvalue weighted by Crippen LogP contribution is 2.13. The lowest BCUT2D eigenvalue weighted by Gasteiger charge is -2.08. The molecule has 1 aromatic carbocycles. The van der Waals surface area contributed by atoms with E-state index >= 15 is 0 Å². The van der Waals surface area contributed by atoms with E-state index in [0.29, 0.717) is 16.9 Å². The van der Waals surface area contributed by atoms with Crippen LogP contribution >= 0.6 is 15.9 Å². The maximum absolute atomic E-state index is 12.0. The van der Waals surface area contributed by atoms with Crippen molar-refractivity contribution in [1.82, 2.24) is 10.3 Å². The van der Waals surface area contributed by atoms with Gasteiger partial charge in [-0.2, -0.15) is 0 Å². The summed E-state index contributed by atoms with van der Waals surface area (Å²) in [6.45, 7) is 2.81. The number of halogens is 1. The molecule has 0 bridgehead atoms. The standard InChI is InChI=1S/C15H17BrN2O/c1-2-13(16)7-9-18-15(19)12-5-6-14-11(10-12)4-3-8-17-14/h3-6,8,10,13H,2,7,9H2,1H3,(H,18,19). The van der Waals surface area contributed by atoms with Crippen LogP contribution in [-0.2, 0) is 0 Å². The summed E-state index contributed by atoms with van der Waals surface area (Å²) in [5.74, 6) is -0.0263. The Hall–Kier alpha value is -1.42. The summed E-state index contributed by atoms with van der Waals surface area (Å²) in [7, 11) is 0. The Morgan fingerprint density at radius 3 is 3.05 bits per heavy atom. The first-order valence-electron chi connectivity index (χ1n) is 6.47. The van der Waals surface area contributed by atoms with Crippen molar-refractivity contribution in [3.8, 4) is 0 Å². The van der Waals surface area contributed by atoms with Crippen molar-refractivity contribution < 1.29 is 4.79 Å². The summed E-state index contributed by atoms with van der Waals surface area (Å²) >= 11 is 3.56. The van der Waals surface area contributed by atoms with Crippen molar-refractivity contribution in [2.24, 2.45) is 0 Å². The van der Waals surface area contributed by atoms with E-state index in [9.17, 15) is 4.79 Å². The maximum atomic E-state index is 12.0. The van der Waals surface area contributed by atoms with Gasteiger partial charge in [0.25, 0.3) is 5.91 Å². The number of pyridine rings is 1. The number of aromatic nitrogens is 1. The number of carbonyl (C=O) groups excluding carboxylic acids is 1. The Morgan fingerprint density at radius 2 is 2.26 bits per heavy atom. The van der Waals surface area contributed by atoms with Crippen LogP contribution in [-0.4, -0.2) is 22.3 Å². The van der Waals surface area contributed by atoms with Crippen molar-refractivity contribution in [3.05, 3.63) is 42.1 Å². The summed E-state index contributed by atoms with van der Waals surface area (Å²) < 4.78 is 0. The van der Waals surface area contributed by atoms with Gasteiger partial charge in [-0.1, -0.05) is 28.9 Å². The molecule has 0 fully saturated rings. The second kappa shape index (κ2) is 6.66. The van der Waals surface area contributed by atoms with Crippen LogP contribution in [0, 0.1) is 0 Å². The average Bonchev–Trinajstić information content (AvgIpc) is 2.46. The average molecular weight is 321 g/mol. The predicted molar refractivity (Wildman–Crippen MR) is 81.7 cm³/mol. The lowest BCUT2D eigenvalue weighted by Crippen LogP contribution is -2.25. The van der Waals surface area contributed by atoms with Gasteiger partial charge in [0.2, 0.25) is 0 Å². The van der Waals surface area contributed by atoms with Gasteiger partial charge < -0.3 is 5.32 Å². The molecule has 2 aromatic rings. The number of amides is 1. The molecule has 3 nitrogen and oxygen atoms in total. The predicted octanol–water partition coefficient (Wildman–Crippen LogP) is 3.53. The lowest BCUT2D eigenvalue weighted by atomic mass is 10.1. The van der Waals surface area contributed by atoms with Crippen LogP contribution in [0.3, 0.4) is 0 Å². The molecule has 0 radical (unpaired) electrons. The van der Waals surface area contributed by atoms with Crippen LogP contribution in [0.1, 0.15) is 30.1 Å². The van der Waals surface area contributed by atoms with Gasteiger partial charge in [-0.15, -0.1) is 0 Å². The van der Waals surface area contributed by atoms with Gasteiger partial charge >= 0.3 is 0 Å². The zero-order valence-electron chi connectivity index (χ0n) is 10.9. The zero-order chi connectivity index (χ0) is 13.7. The Balaban J connectivity index is 2.01. The largest absolute Gasteiger partial charge is 0.352 e. The number of rotatable bonds is 5. The Kier molecular flexibility index (Phi) is 4.91. The molecule has 19 heavy (non-hydrogen) atoms. The Morgan fingerprint density at radius 1 is 1.42 bits per heavy atom. The van der Waals surface area contributed by atoms with Crippen LogP contribution < -0.4 is 5.32 Å². The smallest absolute Gasteiger partial charge is 0.251 e. The molecule has 2 rings (SSSR count). The number of carbonyl (C=O) groups is 1. The van der Waals surface area contributed by atoms with Crippen LogP contribution in [0.25, 0.3) is 10.9 Å². The summed E-state index contributed by atoms with van der Waals surface area (Å²) in [6.07, 6.45) is 3.76. The number of hydrogen-bond donors (Lipinski definition) is 1. The maximum Gasteiger partial charge on any atom is 0.251 e. The third kappa shape index (κ3) is 3.77. The van der Waals surface area contributed by atoms with Gasteiger partial charge in [-0.3, -0.25) is 9.78 Å². The number of nitrogens with one attached hydrogen (secondary N) is 1. The molecule has 0 aliphatic heterocycles. The van der Waals surface area contributed by atoms with E-state index in [-0.39, 0.29) is 5.91 Å².